The number of rotatable bonds is 3. The van der Waals surface area contributed by atoms with E-state index in [4.69, 9.17) is 5.73 Å². The highest BCUT2D eigenvalue weighted by Gasteiger charge is 2.20. The predicted octanol–water partition coefficient (Wildman–Crippen LogP) is 1.98. The summed E-state index contributed by atoms with van der Waals surface area (Å²) < 4.78 is 0. The Bertz CT molecular complexity index is 466. The minimum Gasteiger partial charge on any atom is -0.397 e. The Kier molecular flexibility index (Phi) is 2.42. The smallest absolute Gasteiger partial charge is 0.228 e. The number of benzene rings is 1. The first-order valence-corrected chi connectivity index (χ1v) is 6.18. The van der Waals surface area contributed by atoms with E-state index in [1.165, 1.54) is 19.3 Å². The number of nitrogens with one attached hydrogen (secondary N) is 2. The van der Waals surface area contributed by atoms with Gasteiger partial charge in [-0.25, -0.2) is 0 Å². The van der Waals surface area contributed by atoms with Crippen molar-refractivity contribution >= 4 is 23.0 Å². The van der Waals surface area contributed by atoms with Gasteiger partial charge in [-0.3, -0.25) is 4.79 Å². The number of hydrogen-bond acceptors (Lipinski definition) is 3. The Morgan fingerprint density at radius 2 is 2.24 bits per heavy atom. The van der Waals surface area contributed by atoms with Gasteiger partial charge in [0.15, 0.2) is 0 Å². The molecule has 1 aliphatic carbocycles. The Morgan fingerprint density at radius 1 is 1.41 bits per heavy atom. The topological polar surface area (TPSA) is 67.2 Å². The van der Waals surface area contributed by atoms with E-state index in [-0.39, 0.29) is 5.91 Å². The quantitative estimate of drug-likeness (QED) is 0.697. The molecule has 17 heavy (non-hydrogen) atoms. The van der Waals surface area contributed by atoms with Crippen molar-refractivity contribution < 1.29 is 4.79 Å². The second-order valence-corrected chi connectivity index (χ2v) is 5.00. The Morgan fingerprint density at radius 3 is 2.94 bits per heavy atom. The average molecular weight is 231 g/mol. The highest BCUT2D eigenvalue weighted by Crippen LogP contribution is 2.33. The zero-order valence-corrected chi connectivity index (χ0v) is 9.75. The Hall–Kier alpha value is -1.71. The van der Waals surface area contributed by atoms with Crippen molar-refractivity contribution in [2.45, 2.75) is 25.7 Å². The number of anilines is 3. The largest absolute Gasteiger partial charge is 0.397 e. The van der Waals surface area contributed by atoms with Crippen LogP contribution in [0.15, 0.2) is 12.1 Å². The third-order valence-corrected chi connectivity index (χ3v) is 3.71. The van der Waals surface area contributed by atoms with E-state index >= 15 is 0 Å². The third kappa shape index (κ3) is 1.95. The van der Waals surface area contributed by atoms with Crippen LogP contribution in [0, 0.1) is 5.92 Å². The standard InChI is InChI=1S/C13H17N3O/c14-10-4-9-5-13(17)16-11(9)6-12(10)15-7-8-2-1-3-8/h4,6,8,15H,1-3,5,7,14H2,(H,16,17). The summed E-state index contributed by atoms with van der Waals surface area (Å²) in [6, 6.07) is 3.85. The van der Waals surface area contributed by atoms with Crippen molar-refractivity contribution in [1.82, 2.24) is 0 Å². The van der Waals surface area contributed by atoms with Gasteiger partial charge in [0, 0.05) is 12.2 Å². The van der Waals surface area contributed by atoms with Crippen LogP contribution >= 0.6 is 0 Å². The number of carbonyl (C=O) groups is 1. The minimum absolute atomic E-state index is 0.0514. The molecule has 1 amide bonds. The monoisotopic (exact) mass is 231 g/mol. The van der Waals surface area contributed by atoms with Crippen molar-refractivity contribution in [1.29, 1.82) is 0 Å². The number of amides is 1. The molecule has 1 aromatic carbocycles. The van der Waals surface area contributed by atoms with Gasteiger partial charge in [-0.2, -0.15) is 0 Å². The van der Waals surface area contributed by atoms with E-state index < -0.39 is 0 Å². The van der Waals surface area contributed by atoms with E-state index in [0.717, 1.165) is 35.1 Å². The van der Waals surface area contributed by atoms with E-state index in [0.29, 0.717) is 6.42 Å². The predicted molar refractivity (Wildman–Crippen MR) is 69.0 cm³/mol. The summed E-state index contributed by atoms with van der Waals surface area (Å²) >= 11 is 0. The molecule has 4 N–H and O–H groups in total. The Balaban J connectivity index is 1.75. The van der Waals surface area contributed by atoms with Gasteiger partial charge in [0.1, 0.15) is 0 Å². The molecule has 2 aliphatic rings. The number of fused-ring (bicyclic) bond motifs is 1. The number of carbonyl (C=O) groups excluding carboxylic acids is 1. The summed E-state index contributed by atoms with van der Waals surface area (Å²) in [4.78, 5) is 11.3. The van der Waals surface area contributed by atoms with Crippen LogP contribution in [-0.4, -0.2) is 12.5 Å². The van der Waals surface area contributed by atoms with Crippen LogP contribution < -0.4 is 16.4 Å². The molecular weight excluding hydrogens is 214 g/mol. The molecule has 0 aromatic heterocycles. The van der Waals surface area contributed by atoms with Gasteiger partial charge in [-0.05, 0) is 36.5 Å². The van der Waals surface area contributed by atoms with Crippen LogP contribution in [0.1, 0.15) is 24.8 Å². The van der Waals surface area contributed by atoms with Gasteiger partial charge < -0.3 is 16.4 Å². The molecule has 4 heteroatoms. The van der Waals surface area contributed by atoms with Crippen molar-refractivity contribution in [3.63, 3.8) is 0 Å². The van der Waals surface area contributed by atoms with E-state index in [9.17, 15) is 4.79 Å². The lowest BCUT2D eigenvalue weighted by Gasteiger charge is -2.26. The van der Waals surface area contributed by atoms with Crippen LogP contribution in [0.3, 0.4) is 0 Å². The third-order valence-electron chi connectivity index (χ3n) is 3.71. The van der Waals surface area contributed by atoms with Crippen molar-refractivity contribution in [2.24, 2.45) is 5.92 Å². The van der Waals surface area contributed by atoms with Gasteiger partial charge >= 0.3 is 0 Å². The fourth-order valence-electron chi connectivity index (χ4n) is 2.40. The maximum Gasteiger partial charge on any atom is 0.228 e. The molecule has 1 fully saturated rings. The summed E-state index contributed by atoms with van der Waals surface area (Å²) in [6.07, 6.45) is 4.42. The first-order chi connectivity index (χ1) is 8.22. The van der Waals surface area contributed by atoms with Crippen LogP contribution in [0.4, 0.5) is 17.1 Å². The summed E-state index contributed by atoms with van der Waals surface area (Å²) in [7, 11) is 0. The lowest BCUT2D eigenvalue weighted by Crippen LogP contribution is -2.21. The lowest BCUT2D eigenvalue weighted by atomic mass is 9.85. The maximum absolute atomic E-state index is 11.3. The SMILES string of the molecule is Nc1cc2c(cc1NCC1CCC1)NC(=O)C2. The molecular formula is C13H17N3O. The fourth-order valence-corrected chi connectivity index (χ4v) is 2.40. The molecule has 0 atom stereocenters. The molecule has 3 rings (SSSR count). The zero-order chi connectivity index (χ0) is 11.8. The summed E-state index contributed by atoms with van der Waals surface area (Å²) in [5.41, 5.74) is 9.57. The van der Waals surface area contributed by atoms with Gasteiger partial charge in [-0.1, -0.05) is 6.42 Å². The van der Waals surface area contributed by atoms with Crippen molar-refractivity contribution in [2.75, 3.05) is 22.9 Å². The van der Waals surface area contributed by atoms with Crippen LogP contribution in [-0.2, 0) is 11.2 Å². The van der Waals surface area contributed by atoms with Crippen LogP contribution in [0.2, 0.25) is 0 Å². The van der Waals surface area contributed by atoms with E-state index in [1.54, 1.807) is 0 Å². The highest BCUT2D eigenvalue weighted by atomic mass is 16.1. The summed E-state index contributed by atoms with van der Waals surface area (Å²) in [6.45, 7) is 0.983. The molecule has 0 spiro atoms. The first-order valence-electron chi connectivity index (χ1n) is 6.18. The van der Waals surface area contributed by atoms with Gasteiger partial charge in [0.2, 0.25) is 5.91 Å². The zero-order valence-electron chi connectivity index (χ0n) is 9.75. The first kappa shape index (κ1) is 10.4. The molecule has 4 nitrogen and oxygen atoms in total. The molecule has 0 saturated heterocycles. The van der Waals surface area contributed by atoms with Crippen LogP contribution in [0.25, 0.3) is 0 Å². The summed E-state index contributed by atoms with van der Waals surface area (Å²) in [5.74, 6) is 0.841. The van der Waals surface area contributed by atoms with E-state index in [2.05, 4.69) is 10.6 Å². The van der Waals surface area contributed by atoms with E-state index in [1.807, 2.05) is 12.1 Å². The van der Waals surface area contributed by atoms with Gasteiger partial charge in [-0.15, -0.1) is 0 Å². The minimum atomic E-state index is 0.0514. The number of nitrogen functional groups attached to an aromatic ring is 1. The van der Waals surface area contributed by atoms with Gasteiger partial charge in [0.05, 0.1) is 17.8 Å². The maximum atomic E-state index is 11.3. The second-order valence-electron chi connectivity index (χ2n) is 5.00. The molecule has 1 aromatic rings. The molecule has 1 saturated carbocycles. The number of hydrogen-bond donors (Lipinski definition) is 3. The van der Waals surface area contributed by atoms with Crippen molar-refractivity contribution in [3.8, 4) is 0 Å². The normalized spacial score (nSPS) is 18.5. The molecule has 1 aliphatic heterocycles. The fraction of sp³-hybridized carbons (Fsp3) is 0.462. The number of nitrogens with two attached hydrogens (primary N) is 1. The second kappa shape index (κ2) is 3.95. The molecule has 90 valence electrons. The lowest BCUT2D eigenvalue weighted by molar-refractivity contribution is -0.115. The van der Waals surface area contributed by atoms with Crippen LogP contribution in [0.5, 0.6) is 0 Å². The molecule has 0 radical (unpaired) electrons. The summed E-state index contributed by atoms with van der Waals surface area (Å²) in [5, 5.41) is 6.23. The average Bonchev–Trinajstić information content (AvgIpc) is 2.55. The van der Waals surface area contributed by atoms with Crippen molar-refractivity contribution in [3.05, 3.63) is 17.7 Å². The highest BCUT2D eigenvalue weighted by molar-refractivity contribution is 6.00. The van der Waals surface area contributed by atoms with Gasteiger partial charge in [0.25, 0.3) is 0 Å². The Labute approximate surface area is 101 Å². The molecule has 0 bridgehead atoms. The molecule has 0 unspecified atom stereocenters. The molecule has 1 heterocycles.